The van der Waals surface area contributed by atoms with Gasteiger partial charge in [0.15, 0.2) is 0 Å². The molecule has 5 heavy (non-hydrogen) atoms. The minimum atomic E-state index is 0. The van der Waals surface area contributed by atoms with E-state index in [2.05, 4.69) is 6.66 Å². The first-order chi connectivity index (χ1) is 1.00. The van der Waals surface area contributed by atoms with Gasteiger partial charge in [0, 0.05) is 36.5 Å². The summed E-state index contributed by atoms with van der Waals surface area (Å²) in [5.41, 5.74) is 0. The summed E-state index contributed by atoms with van der Waals surface area (Å²) in [6, 6.07) is 0. The Morgan fingerprint density at radius 1 is 1.40 bits per heavy atom. The Hall–Kier alpha value is 2.32. The second-order valence-electron chi connectivity index (χ2n) is 0. The molecule has 0 atom stereocenters. The van der Waals surface area contributed by atoms with Gasteiger partial charge in [-0.25, -0.2) is 0 Å². The molecule has 25 valence electrons. The molecule has 0 aromatic rings. The van der Waals surface area contributed by atoms with Crippen LogP contribution in [0.5, 0.6) is 0 Å². The molecule has 0 aromatic carbocycles. The van der Waals surface area contributed by atoms with E-state index in [1.54, 1.807) is 0 Å². The average molecular weight is 228 g/mol. The van der Waals surface area contributed by atoms with Crippen LogP contribution in [0.1, 0.15) is 1.43 Å². The van der Waals surface area contributed by atoms with Crippen LogP contribution >= 0.6 is 0 Å². The molecule has 0 amide bonds. The first-order valence-electron chi connectivity index (χ1n) is 0.258. The maximum Gasteiger partial charge on any atom is 1.00 e. The van der Waals surface area contributed by atoms with E-state index in [1.165, 1.54) is 0 Å². The average Bonchev–Trinajstić information content (AvgIpc) is 1.00. The van der Waals surface area contributed by atoms with Gasteiger partial charge in [0.25, 0.3) is 0 Å². The van der Waals surface area contributed by atoms with Crippen molar-refractivity contribution >= 4 is 22.5 Å². The normalized spacial score (nSPS) is 1.00. The maximum absolute atomic E-state index is 4.44. The predicted molar refractivity (Wildman–Crippen MR) is 14.0 cm³/mol. The molecule has 0 saturated carbocycles. The molecule has 5 heteroatoms. The number of rotatable bonds is 0. The monoisotopic (exact) mass is 227 g/mol. The summed E-state index contributed by atoms with van der Waals surface area (Å²) in [6.45, 7) is 4.44. The third kappa shape index (κ3) is 21.9. The molecule has 0 unspecified atom stereocenters. The first kappa shape index (κ1) is 26.5. The van der Waals surface area contributed by atoms with Crippen molar-refractivity contribution in [1.29, 1.82) is 0 Å². The second-order valence-corrected chi connectivity index (χ2v) is 0. The Balaban J connectivity index is -0.000000000833. The van der Waals surface area contributed by atoms with Crippen LogP contribution in [0.3, 0.4) is 0 Å². The molecule has 0 bridgehead atoms. The van der Waals surface area contributed by atoms with E-state index in [0.717, 1.165) is 0 Å². The van der Waals surface area contributed by atoms with Crippen molar-refractivity contribution < 1.29 is 56.8 Å². The fourth-order valence-electron chi connectivity index (χ4n) is 0. The summed E-state index contributed by atoms with van der Waals surface area (Å²) < 4.78 is 0. The molecule has 0 aliphatic rings. The molecule has 0 nitrogen and oxygen atoms in total. The van der Waals surface area contributed by atoms with Gasteiger partial charge in [-0.2, -0.15) is 0 Å². The molecule has 0 rings (SSSR count). The van der Waals surface area contributed by atoms with Crippen LogP contribution in [0, 0.1) is 0 Å². The van der Waals surface area contributed by atoms with Gasteiger partial charge < -0.3 is 1.43 Å². The fraction of sp³-hybridized carbons (Fsp3) is 0. The molecule has 0 aromatic heterocycles. The fourth-order valence-corrected chi connectivity index (χ4v) is 0. The van der Waals surface area contributed by atoms with Crippen molar-refractivity contribution in [3.8, 4) is 0 Å². The molecule has 3 radical (unpaired) electrons. The van der Waals surface area contributed by atoms with Gasteiger partial charge in [0.05, 0.1) is 0 Å². The van der Waals surface area contributed by atoms with Crippen molar-refractivity contribution in [2.75, 3.05) is 0 Å². The SMILES string of the molecule is [B][SeH].[Cu].[H-].[Li+].[Zn]. The van der Waals surface area contributed by atoms with E-state index in [0.29, 0.717) is 0 Å². The summed E-state index contributed by atoms with van der Waals surface area (Å²) in [6.07, 6.45) is 0. The van der Waals surface area contributed by atoms with E-state index < -0.39 is 0 Å². The largest absolute Gasteiger partial charge is 1.00 e. The molecule has 0 saturated heterocycles. The first-order valence-corrected chi connectivity index (χ1v) is 1.34. The molecule has 0 aliphatic carbocycles. The topological polar surface area (TPSA) is 0 Å². The van der Waals surface area contributed by atoms with Crippen LogP contribution in [0.4, 0.5) is 0 Å². The van der Waals surface area contributed by atoms with Gasteiger partial charge in [0.2, 0.25) is 0 Å². The standard InChI is InChI=1S/BHSe.Cu.Li.Zn.H/c1-2;;;;/h2H;;;;/q;;+1;;-1. The summed E-state index contributed by atoms with van der Waals surface area (Å²) in [5.74, 6) is 0. The van der Waals surface area contributed by atoms with Crippen LogP contribution in [-0.4, -0.2) is 22.5 Å². The minimum absolute atomic E-state index is 0. The van der Waals surface area contributed by atoms with Gasteiger partial charge >= 0.3 is 41.4 Å². The maximum atomic E-state index is 4.44. The summed E-state index contributed by atoms with van der Waals surface area (Å²) in [5, 5.41) is 0. The summed E-state index contributed by atoms with van der Waals surface area (Å²) >= 11 is 1.81. The molecule has 0 fully saturated rings. The van der Waals surface area contributed by atoms with E-state index in [4.69, 9.17) is 0 Å². The molecule has 0 heterocycles. The zero-order chi connectivity index (χ0) is 2.00. The zero-order valence-corrected chi connectivity index (χ0v) is 8.82. The van der Waals surface area contributed by atoms with Crippen LogP contribution in [-0.2, 0) is 36.5 Å². The van der Waals surface area contributed by atoms with Crippen LogP contribution in [0.2, 0.25) is 0 Å². The molecule has 0 spiro atoms. The van der Waals surface area contributed by atoms with Gasteiger partial charge in [-0.3, -0.25) is 0 Å². The van der Waals surface area contributed by atoms with E-state index in [1.807, 2.05) is 15.8 Å². The minimum Gasteiger partial charge on any atom is -1.00 e. The summed E-state index contributed by atoms with van der Waals surface area (Å²) in [7, 11) is 0. The molecular formula is H2BCuLiSeZn. The van der Waals surface area contributed by atoms with Crippen LogP contribution in [0.15, 0.2) is 0 Å². The Kier molecular flexibility index (Phi) is 176. The van der Waals surface area contributed by atoms with Crippen molar-refractivity contribution in [3.63, 3.8) is 0 Å². The second kappa shape index (κ2) is 33.2. The molecular weight excluding hydrogens is 226 g/mol. The van der Waals surface area contributed by atoms with Crippen molar-refractivity contribution in [1.82, 2.24) is 0 Å². The van der Waals surface area contributed by atoms with E-state index in [-0.39, 0.29) is 56.8 Å². The number of hydrogen-bond acceptors (Lipinski definition) is 0. The third-order valence-electron chi connectivity index (χ3n) is 0. The molecule has 0 aliphatic heterocycles. The third-order valence-corrected chi connectivity index (χ3v) is 0. The Morgan fingerprint density at radius 2 is 1.40 bits per heavy atom. The van der Waals surface area contributed by atoms with Gasteiger partial charge in [0.1, 0.15) is 0 Å². The zero-order valence-electron chi connectivity index (χ0n) is 4.03. The predicted octanol–water partition coefficient (Wildman–Crippen LogP) is -3.92. The van der Waals surface area contributed by atoms with Gasteiger partial charge in [-0.05, 0) is 0 Å². The Labute approximate surface area is 78.6 Å². The number of hydrogen-bond donors (Lipinski definition) is 0. The summed E-state index contributed by atoms with van der Waals surface area (Å²) in [4.78, 5) is 0. The molecule has 0 N–H and O–H groups in total. The van der Waals surface area contributed by atoms with E-state index >= 15 is 0 Å². The van der Waals surface area contributed by atoms with Crippen molar-refractivity contribution in [3.05, 3.63) is 0 Å². The van der Waals surface area contributed by atoms with Crippen molar-refractivity contribution in [2.45, 2.75) is 0 Å². The van der Waals surface area contributed by atoms with Crippen LogP contribution in [0.25, 0.3) is 0 Å². The van der Waals surface area contributed by atoms with Crippen molar-refractivity contribution in [2.24, 2.45) is 0 Å². The Bertz CT molecular complexity index is 15.5. The smallest absolute Gasteiger partial charge is 1.00 e. The Morgan fingerprint density at radius 3 is 1.40 bits per heavy atom. The van der Waals surface area contributed by atoms with Gasteiger partial charge in [-0.15, -0.1) is 0 Å². The van der Waals surface area contributed by atoms with E-state index in [9.17, 15) is 0 Å². The van der Waals surface area contributed by atoms with Crippen LogP contribution < -0.4 is 18.9 Å². The van der Waals surface area contributed by atoms with Gasteiger partial charge in [-0.1, -0.05) is 0 Å². The quantitative estimate of drug-likeness (QED) is 0.371.